The number of ether oxygens (including phenoxy) is 1. The lowest BCUT2D eigenvalue weighted by Gasteiger charge is -2.36. The van der Waals surface area contributed by atoms with Crippen molar-refractivity contribution in [1.29, 1.82) is 0 Å². The van der Waals surface area contributed by atoms with E-state index in [-0.39, 0.29) is 5.78 Å². The number of benzene rings is 5. The van der Waals surface area contributed by atoms with E-state index in [1.165, 1.54) is 0 Å². The first-order valence-electron chi connectivity index (χ1n) is 11.5. The summed E-state index contributed by atoms with van der Waals surface area (Å²) >= 11 is 0. The van der Waals surface area contributed by atoms with Crippen LogP contribution >= 0.6 is 0 Å². The van der Waals surface area contributed by atoms with Crippen LogP contribution in [0.25, 0.3) is 28.0 Å². The Morgan fingerprint density at radius 1 is 0.618 bits per heavy atom. The van der Waals surface area contributed by atoms with Gasteiger partial charge in [0, 0.05) is 33.4 Å². The molecule has 0 unspecified atom stereocenters. The fourth-order valence-corrected chi connectivity index (χ4v) is 5.37. The Morgan fingerprint density at radius 3 is 2.03 bits per heavy atom. The number of hydrogen-bond acceptors (Lipinski definition) is 2. The Hall–Kier alpha value is -4.43. The molecule has 0 saturated carbocycles. The van der Waals surface area contributed by atoms with Crippen LogP contribution in [0, 0.1) is 0 Å². The van der Waals surface area contributed by atoms with Crippen LogP contribution in [0.1, 0.15) is 32.6 Å². The first-order chi connectivity index (χ1) is 16.7. The van der Waals surface area contributed by atoms with Crippen molar-refractivity contribution < 1.29 is 9.53 Å². The van der Waals surface area contributed by atoms with E-state index in [1.54, 1.807) is 0 Å². The van der Waals surface area contributed by atoms with Crippen LogP contribution in [0.3, 0.4) is 0 Å². The Morgan fingerprint density at radius 2 is 1.29 bits per heavy atom. The Bertz CT molecular complexity index is 1590. The summed E-state index contributed by atoms with van der Waals surface area (Å²) in [6, 6.07) is 36.8. The normalized spacial score (nSPS) is 14.9. The van der Waals surface area contributed by atoms with Gasteiger partial charge in [-0.1, -0.05) is 97.1 Å². The quantitative estimate of drug-likeness (QED) is 0.283. The van der Waals surface area contributed by atoms with Crippen LogP contribution in [-0.2, 0) is 5.60 Å². The molecule has 0 spiro atoms. The molecule has 0 fully saturated rings. The Labute approximate surface area is 197 Å². The molecule has 2 heteroatoms. The lowest BCUT2D eigenvalue weighted by Crippen LogP contribution is -2.34. The van der Waals surface area contributed by atoms with Gasteiger partial charge in [-0.3, -0.25) is 4.79 Å². The molecule has 0 amide bonds. The molecule has 2 nitrogen and oxygen atoms in total. The molecule has 0 bridgehead atoms. The van der Waals surface area contributed by atoms with Gasteiger partial charge < -0.3 is 4.74 Å². The zero-order valence-electron chi connectivity index (χ0n) is 18.4. The van der Waals surface area contributed by atoms with Crippen molar-refractivity contribution in [2.24, 2.45) is 0 Å². The van der Waals surface area contributed by atoms with Crippen LogP contribution in [0.4, 0.5) is 0 Å². The van der Waals surface area contributed by atoms with E-state index in [9.17, 15) is 4.79 Å². The number of ketones is 1. The summed E-state index contributed by atoms with van der Waals surface area (Å²) < 4.78 is 6.88. The van der Waals surface area contributed by atoms with Gasteiger partial charge in [-0.15, -0.1) is 0 Å². The minimum absolute atomic E-state index is 0.0786. The van der Waals surface area contributed by atoms with E-state index in [0.717, 1.165) is 55.5 Å². The van der Waals surface area contributed by atoms with Gasteiger partial charge in [0.25, 0.3) is 0 Å². The van der Waals surface area contributed by atoms with Gasteiger partial charge in [0.2, 0.25) is 0 Å². The van der Waals surface area contributed by atoms with Crippen molar-refractivity contribution in [2.75, 3.05) is 0 Å². The van der Waals surface area contributed by atoms with Gasteiger partial charge in [-0.05, 0) is 40.6 Å². The summed E-state index contributed by atoms with van der Waals surface area (Å²) in [6.07, 6.45) is 4.20. The standard InChI is InChI=1S/C32H20O2/c33-31-26-16-15-21-9-7-8-14-25(21)30(26)27-20-29-22(19-28(27)31)17-18-32(34-29,23-10-3-1-4-11-23)24-12-5-2-6-13-24/h1-20H. The van der Waals surface area contributed by atoms with Gasteiger partial charge in [0.15, 0.2) is 11.4 Å². The summed E-state index contributed by atoms with van der Waals surface area (Å²) in [5.74, 6) is 0.859. The molecule has 1 aliphatic heterocycles. The first-order valence-corrected chi connectivity index (χ1v) is 11.5. The summed E-state index contributed by atoms with van der Waals surface area (Å²) in [5.41, 5.74) is 5.75. The monoisotopic (exact) mass is 436 g/mol. The van der Waals surface area contributed by atoms with Gasteiger partial charge in [-0.2, -0.15) is 0 Å². The molecular weight excluding hydrogens is 416 g/mol. The van der Waals surface area contributed by atoms with Crippen LogP contribution in [0.5, 0.6) is 5.75 Å². The molecule has 5 aromatic rings. The van der Waals surface area contributed by atoms with Crippen molar-refractivity contribution in [1.82, 2.24) is 0 Å². The minimum atomic E-state index is -0.742. The fourth-order valence-electron chi connectivity index (χ4n) is 5.37. The van der Waals surface area contributed by atoms with E-state index in [4.69, 9.17) is 4.74 Å². The molecule has 7 rings (SSSR count). The van der Waals surface area contributed by atoms with Gasteiger partial charge in [-0.25, -0.2) is 0 Å². The maximum absolute atomic E-state index is 13.3. The molecule has 34 heavy (non-hydrogen) atoms. The van der Waals surface area contributed by atoms with Gasteiger partial charge >= 0.3 is 0 Å². The molecule has 0 radical (unpaired) electrons. The van der Waals surface area contributed by atoms with E-state index < -0.39 is 5.60 Å². The lowest BCUT2D eigenvalue weighted by atomic mass is 9.83. The van der Waals surface area contributed by atoms with Crippen molar-refractivity contribution >= 4 is 22.6 Å². The van der Waals surface area contributed by atoms with Gasteiger partial charge in [0.1, 0.15) is 5.75 Å². The molecule has 0 aromatic heterocycles. The number of rotatable bonds is 2. The summed E-state index contributed by atoms with van der Waals surface area (Å²) in [5, 5.41) is 2.22. The van der Waals surface area contributed by atoms with Crippen molar-refractivity contribution in [2.45, 2.75) is 5.60 Å². The highest BCUT2D eigenvalue weighted by molar-refractivity contribution is 6.26. The van der Waals surface area contributed by atoms with E-state index in [0.29, 0.717) is 0 Å². The molecule has 2 aliphatic rings. The second kappa shape index (κ2) is 7.03. The number of carbonyl (C=O) groups is 1. The van der Waals surface area contributed by atoms with Crippen molar-refractivity contribution in [3.63, 3.8) is 0 Å². The molecule has 0 N–H and O–H groups in total. The highest BCUT2D eigenvalue weighted by Crippen LogP contribution is 2.48. The van der Waals surface area contributed by atoms with Crippen LogP contribution in [-0.4, -0.2) is 5.78 Å². The summed E-state index contributed by atoms with van der Waals surface area (Å²) in [6.45, 7) is 0. The zero-order chi connectivity index (χ0) is 22.7. The smallest absolute Gasteiger partial charge is 0.194 e. The predicted molar refractivity (Wildman–Crippen MR) is 136 cm³/mol. The third-order valence-corrected chi connectivity index (χ3v) is 7.01. The summed E-state index contributed by atoms with van der Waals surface area (Å²) in [4.78, 5) is 13.3. The Balaban J connectivity index is 1.46. The topological polar surface area (TPSA) is 26.3 Å². The molecule has 5 aromatic carbocycles. The average molecular weight is 437 g/mol. The molecule has 1 heterocycles. The average Bonchev–Trinajstić information content (AvgIpc) is 3.19. The van der Waals surface area contributed by atoms with Crippen LogP contribution in [0.2, 0.25) is 0 Å². The molecule has 1 aliphatic carbocycles. The number of carbonyl (C=O) groups excluding carboxylic acids is 1. The highest BCUT2D eigenvalue weighted by Gasteiger charge is 2.38. The third-order valence-electron chi connectivity index (χ3n) is 7.01. The maximum Gasteiger partial charge on any atom is 0.194 e. The maximum atomic E-state index is 13.3. The largest absolute Gasteiger partial charge is 0.473 e. The zero-order valence-corrected chi connectivity index (χ0v) is 18.4. The van der Waals surface area contributed by atoms with E-state index in [1.807, 2.05) is 66.7 Å². The molecule has 160 valence electrons. The number of hydrogen-bond donors (Lipinski definition) is 0. The predicted octanol–water partition coefficient (Wildman–Crippen LogP) is 7.40. The minimum Gasteiger partial charge on any atom is -0.473 e. The molecule has 0 saturated heterocycles. The fraction of sp³-hybridized carbons (Fsp3) is 0.0312. The second-order valence-electron chi connectivity index (χ2n) is 8.88. The SMILES string of the molecule is O=C1c2cc3c(cc2-c2c1ccc1ccccc21)OC(c1ccccc1)(c1ccccc1)C=C3. The highest BCUT2D eigenvalue weighted by atomic mass is 16.5. The van der Waals surface area contributed by atoms with E-state index >= 15 is 0 Å². The van der Waals surface area contributed by atoms with Crippen molar-refractivity contribution in [3.8, 4) is 16.9 Å². The van der Waals surface area contributed by atoms with Crippen LogP contribution in [0.15, 0.2) is 115 Å². The number of fused-ring (bicyclic) bond motifs is 6. The van der Waals surface area contributed by atoms with Crippen molar-refractivity contribution in [3.05, 3.63) is 143 Å². The first kappa shape index (κ1) is 19.1. The second-order valence-corrected chi connectivity index (χ2v) is 8.88. The van der Waals surface area contributed by atoms with E-state index in [2.05, 4.69) is 54.6 Å². The third kappa shape index (κ3) is 2.60. The molecule has 0 atom stereocenters. The summed E-state index contributed by atoms with van der Waals surface area (Å²) in [7, 11) is 0. The van der Waals surface area contributed by atoms with Crippen LogP contribution < -0.4 is 4.74 Å². The molecular formula is C32H20O2. The van der Waals surface area contributed by atoms with Gasteiger partial charge in [0.05, 0.1) is 0 Å². The Kier molecular flexibility index (Phi) is 3.95. The lowest BCUT2D eigenvalue weighted by molar-refractivity contribution is 0.104.